The summed E-state index contributed by atoms with van der Waals surface area (Å²) in [6.45, 7) is 3.88. The molecule has 0 saturated carbocycles. The summed E-state index contributed by atoms with van der Waals surface area (Å²) in [5, 5.41) is 1.16. The molecule has 3 aromatic rings. The fourth-order valence-electron chi connectivity index (χ4n) is 2.94. The summed E-state index contributed by atoms with van der Waals surface area (Å²) in [7, 11) is 1.41. The van der Waals surface area contributed by atoms with E-state index < -0.39 is 0 Å². The zero-order valence-electron chi connectivity index (χ0n) is 13.5. The Morgan fingerprint density at radius 2 is 1.65 bits per heavy atom. The number of nitrogens with one attached hydrogen (secondary N) is 1. The van der Waals surface area contributed by atoms with Gasteiger partial charge in [-0.2, -0.15) is 0 Å². The van der Waals surface area contributed by atoms with Gasteiger partial charge in [-0.15, -0.1) is 0 Å². The van der Waals surface area contributed by atoms with Gasteiger partial charge < -0.3 is 9.72 Å². The van der Waals surface area contributed by atoms with E-state index in [-0.39, 0.29) is 5.97 Å². The molecule has 3 nitrogen and oxygen atoms in total. The highest BCUT2D eigenvalue weighted by Crippen LogP contribution is 2.33. The van der Waals surface area contributed by atoms with Crippen molar-refractivity contribution in [3.8, 4) is 0 Å². The SMILES string of the molecule is COC(=O)/C(C)=C(\c1ccccc1)c1[nH]c2ccccc2c1C. The van der Waals surface area contributed by atoms with Crippen molar-refractivity contribution >= 4 is 22.4 Å². The van der Waals surface area contributed by atoms with Crippen LogP contribution < -0.4 is 0 Å². The van der Waals surface area contributed by atoms with Crippen LogP contribution in [0.2, 0.25) is 0 Å². The van der Waals surface area contributed by atoms with E-state index in [0.717, 1.165) is 33.3 Å². The maximum atomic E-state index is 12.1. The largest absolute Gasteiger partial charge is 0.466 e. The number of esters is 1. The Kier molecular flexibility index (Phi) is 4.02. The third-order valence-electron chi connectivity index (χ3n) is 4.14. The predicted molar refractivity (Wildman–Crippen MR) is 93.2 cm³/mol. The van der Waals surface area contributed by atoms with Gasteiger partial charge in [0.15, 0.2) is 0 Å². The molecule has 23 heavy (non-hydrogen) atoms. The molecule has 3 heteroatoms. The molecule has 1 N–H and O–H groups in total. The number of carbonyl (C=O) groups is 1. The van der Waals surface area contributed by atoms with Crippen LogP contribution in [-0.2, 0) is 9.53 Å². The fourth-order valence-corrected chi connectivity index (χ4v) is 2.94. The van der Waals surface area contributed by atoms with E-state index in [2.05, 4.69) is 18.0 Å². The molecular formula is C20H19NO2. The maximum Gasteiger partial charge on any atom is 0.334 e. The first-order chi connectivity index (χ1) is 11.1. The number of aromatic nitrogens is 1. The van der Waals surface area contributed by atoms with Gasteiger partial charge in [0.1, 0.15) is 0 Å². The van der Waals surface area contributed by atoms with E-state index in [9.17, 15) is 4.79 Å². The molecule has 116 valence electrons. The number of methoxy groups -OCH3 is 1. The van der Waals surface area contributed by atoms with E-state index in [1.54, 1.807) is 6.92 Å². The summed E-state index contributed by atoms with van der Waals surface area (Å²) in [6, 6.07) is 18.1. The predicted octanol–water partition coefficient (Wildman–Crippen LogP) is 4.47. The Balaban J connectivity index is 2.31. The number of benzene rings is 2. The number of H-pyrrole nitrogens is 1. The first kappa shape index (κ1) is 15.1. The van der Waals surface area contributed by atoms with Crippen molar-refractivity contribution < 1.29 is 9.53 Å². The molecule has 0 fully saturated rings. The van der Waals surface area contributed by atoms with Gasteiger partial charge >= 0.3 is 5.97 Å². The van der Waals surface area contributed by atoms with Crippen molar-refractivity contribution in [2.45, 2.75) is 13.8 Å². The summed E-state index contributed by atoms with van der Waals surface area (Å²) in [5.41, 5.74) is 5.61. The van der Waals surface area contributed by atoms with Crippen LogP contribution in [0.15, 0.2) is 60.2 Å². The van der Waals surface area contributed by atoms with Crippen LogP contribution in [0.1, 0.15) is 23.7 Å². The Morgan fingerprint density at radius 3 is 2.30 bits per heavy atom. The summed E-state index contributed by atoms with van der Waals surface area (Å²) in [6.07, 6.45) is 0. The topological polar surface area (TPSA) is 42.1 Å². The second kappa shape index (κ2) is 6.13. The molecule has 0 amide bonds. The van der Waals surface area contributed by atoms with Gasteiger partial charge in [0, 0.05) is 22.0 Å². The van der Waals surface area contributed by atoms with Gasteiger partial charge in [0.2, 0.25) is 0 Å². The molecule has 0 aliphatic carbocycles. The Morgan fingerprint density at radius 1 is 1.00 bits per heavy atom. The van der Waals surface area contributed by atoms with Crippen LogP contribution in [0.25, 0.3) is 16.5 Å². The van der Waals surface area contributed by atoms with Crippen LogP contribution >= 0.6 is 0 Å². The Bertz CT molecular complexity index is 888. The van der Waals surface area contributed by atoms with Gasteiger partial charge in [0.05, 0.1) is 12.8 Å². The van der Waals surface area contributed by atoms with Gasteiger partial charge in [-0.3, -0.25) is 0 Å². The summed E-state index contributed by atoms with van der Waals surface area (Å²) in [4.78, 5) is 15.6. The average molecular weight is 305 g/mol. The number of ether oxygens (including phenoxy) is 1. The third kappa shape index (κ3) is 2.66. The number of fused-ring (bicyclic) bond motifs is 1. The maximum absolute atomic E-state index is 12.1. The second-order valence-electron chi connectivity index (χ2n) is 5.53. The van der Waals surface area contributed by atoms with Crippen LogP contribution in [0.3, 0.4) is 0 Å². The van der Waals surface area contributed by atoms with Gasteiger partial charge in [0.25, 0.3) is 0 Å². The van der Waals surface area contributed by atoms with Gasteiger partial charge in [-0.05, 0) is 31.0 Å². The van der Waals surface area contributed by atoms with E-state index in [1.165, 1.54) is 7.11 Å². The fraction of sp³-hybridized carbons (Fsp3) is 0.150. The highest BCUT2D eigenvalue weighted by atomic mass is 16.5. The van der Waals surface area contributed by atoms with E-state index in [4.69, 9.17) is 4.74 Å². The molecule has 0 aliphatic heterocycles. The number of carbonyl (C=O) groups excluding carboxylic acids is 1. The summed E-state index contributed by atoms with van der Waals surface area (Å²) < 4.78 is 4.94. The van der Waals surface area contributed by atoms with Crippen molar-refractivity contribution in [2.24, 2.45) is 0 Å². The number of rotatable bonds is 3. The standard InChI is InChI=1S/C20H19NO2/c1-13-16-11-7-8-12-17(16)21-19(13)18(14(2)20(22)23-3)15-9-5-4-6-10-15/h4-12,21H,1-3H3/b18-14+. The number of hydrogen-bond acceptors (Lipinski definition) is 2. The lowest BCUT2D eigenvalue weighted by Crippen LogP contribution is -2.06. The molecule has 0 radical (unpaired) electrons. The zero-order chi connectivity index (χ0) is 16.4. The lowest BCUT2D eigenvalue weighted by molar-refractivity contribution is -0.135. The van der Waals surface area contributed by atoms with Crippen molar-refractivity contribution in [1.29, 1.82) is 0 Å². The van der Waals surface area contributed by atoms with Gasteiger partial charge in [-0.25, -0.2) is 4.79 Å². The minimum atomic E-state index is -0.318. The average Bonchev–Trinajstić information content (AvgIpc) is 2.92. The van der Waals surface area contributed by atoms with Crippen LogP contribution in [0.4, 0.5) is 0 Å². The molecule has 0 bridgehead atoms. The minimum Gasteiger partial charge on any atom is -0.466 e. The van der Waals surface area contributed by atoms with E-state index >= 15 is 0 Å². The molecule has 2 aromatic carbocycles. The first-order valence-corrected chi connectivity index (χ1v) is 7.55. The first-order valence-electron chi connectivity index (χ1n) is 7.55. The summed E-state index contributed by atoms with van der Waals surface area (Å²) in [5.74, 6) is -0.318. The number of aromatic amines is 1. The highest BCUT2D eigenvalue weighted by Gasteiger charge is 2.19. The Labute approximate surface area is 135 Å². The smallest absolute Gasteiger partial charge is 0.334 e. The van der Waals surface area contributed by atoms with Crippen molar-refractivity contribution in [3.05, 3.63) is 77.0 Å². The normalized spacial score (nSPS) is 12.1. The number of aryl methyl sites for hydroxylation is 1. The number of para-hydroxylation sites is 1. The molecule has 0 atom stereocenters. The van der Waals surface area contributed by atoms with Crippen LogP contribution in [-0.4, -0.2) is 18.1 Å². The van der Waals surface area contributed by atoms with E-state index in [0.29, 0.717) is 5.57 Å². The molecule has 0 aliphatic rings. The van der Waals surface area contributed by atoms with Crippen molar-refractivity contribution in [1.82, 2.24) is 4.98 Å². The lowest BCUT2D eigenvalue weighted by Gasteiger charge is -2.12. The van der Waals surface area contributed by atoms with Gasteiger partial charge in [-0.1, -0.05) is 48.5 Å². The number of hydrogen-bond donors (Lipinski definition) is 1. The third-order valence-corrected chi connectivity index (χ3v) is 4.14. The molecule has 0 spiro atoms. The van der Waals surface area contributed by atoms with Crippen molar-refractivity contribution in [3.63, 3.8) is 0 Å². The molecule has 3 rings (SSSR count). The molecule has 0 unspecified atom stereocenters. The molecule has 1 heterocycles. The molecule has 1 aromatic heterocycles. The highest BCUT2D eigenvalue weighted by molar-refractivity contribution is 6.03. The van der Waals surface area contributed by atoms with E-state index in [1.807, 2.05) is 48.5 Å². The lowest BCUT2D eigenvalue weighted by atomic mass is 9.95. The Hall–Kier alpha value is -2.81. The van der Waals surface area contributed by atoms with Crippen LogP contribution in [0, 0.1) is 6.92 Å². The summed E-state index contributed by atoms with van der Waals surface area (Å²) >= 11 is 0. The zero-order valence-corrected chi connectivity index (χ0v) is 13.5. The monoisotopic (exact) mass is 305 g/mol. The van der Waals surface area contributed by atoms with Crippen LogP contribution in [0.5, 0.6) is 0 Å². The quantitative estimate of drug-likeness (QED) is 0.573. The minimum absolute atomic E-state index is 0.318. The van der Waals surface area contributed by atoms with Crippen molar-refractivity contribution in [2.75, 3.05) is 7.11 Å². The molecule has 0 saturated heterocycles. The second-order valence-corrected chi connectivity index (χ2v) is 5.53. The molecular weight excluding hydrogens is 286 g/mol.